The van der Waals surface area contributed by atoms with E-state index in [1.807, 2.05) is 0 Å². The molecule has 0 aliphatic heterocycles. The van der Waals surface area contributed by atoms with E-state index in [-0.39, 0.29) is 26.8 Å². The first-order chi connectivity index (χ1) is 17.5. The van der Waals surface area contributed by atoms with E-state index < -0.39 is 8.38 Å². The van der Waals surface area contributed by atoms with Crippen molar-refractivity contribution in [2.45, 2.75) is 157 Å². The third-order valence-corrected chi connectivity index (χ3v) is 10.5. The average molecular weight is 555 g/mol. The maximum atomic E-state index is 7.12. The van der Waals surface area contributed by atoms with Crippen LogP contribution in [0.3, 0.4) is 0 Å². The zero-order valence-corrected chi connectivity index (χ0v) is 29.4. The summed E-state index contributed by atoms with van der Waals surface area (Å²) < 4.78 is 14.2. The molecule has 0 aromatic heterocycles. The number of hydrogen-bond acceptors (Lipinski definition) is 2. The van der Waals surface area contributed by atoms with E-state index in [1.165, 1.54) is 33.4 Å². The van der Waals surface area contributed by atoms with Crippen LogP contribution in [0.25, 0.3) is 0 Å². The van der Waals surface area contributed by atoms with Crippen molar-refractivity contribution in [1.29, 1.82) is 0 Å². The Kier molecular flexibility index (Phi) is 9.83. The van der Waals surface area contributed by atoms with Crippen LogP contribution in [0.15, 0.2) is 24.3 Å². The predicted octanol–water partition coefficient (Wildman–Crippen LogP) is 11.8. The van der Waals surface area contributed by atoms with Crippen molar-refractivity contribution in [3.05, 3.63) is 57.6 Å². The highest BCUT2D eigenvalue weighted by molar-refractivity contribution is 7.50. The van der Waals surface area contributed by atoms with Gasteiger partial charge in [0.1, 0.15) is 11.5 Å². The molecule has 2 aromatic carbocycles. The normalized spacial score (nSPS) is 13.7. The zero-order valence-electron chi connectivity index (χ0n) is 28.5. The van der Waals surface area contributed by atoms with Gasteiger partial charge in [0.05, 0.1) is 5.16 Å². The second kappa shape index (κ2) is 11.4. The summed E-state index contributed by atoms with van der Waals surface area (Å²) in [5.74, 6) is 1.93. The minimum Gasteiger partial charge on any atom is -0.438 e. The van der Waals surface area contributed by atoms with Gasteiger partial charge in [0.15, 0.2) is 0 Å². The Morgan fingerprint density at radius 2 is 0.769 bits per heavy atom. The van der Waals surface area contributed by atoms with Crippen molar-refractivity contribution in [3.63, 3.8) is 0 Å². The quantitative estimate of drug-likeness (QED) is 0.317. The Hall–Kier alpha value is -1.53. The first-order valence-corrected chi connectivity index (χ1v) is 16.1. The van der Waals surface area contributed by atoms with Gasteiger partial charge in [-0.3, -0.25) is 0 Å². The van der Waals surface area contributed by atoms with Gasteiger partial charge in [-0.1, -0.05) is 109 Å². The van der Waals surface area contributed by atoms with Crippen LogP contribution >= 0.6 is 8.38 Å². The molecule has 2 rings (SSSR count). The van der Waals surface area contributed by atoms with E-state index in [1.54, 1.807) is 0 Å². The van der Waals surface area contributed by atoms with Crippen molar-refractivity contribution in [2.75, 3.05) is 0 Å². The summed E-state index contributed by atoms with van der Waals surface area (Å²) in [4.78, 5) is 0. The van der Waals surface area contributed by atoms with Gasteiger partial charge < -0.3 is 9.05 Å². The van der Waals surface area contributed by atoms with Crippen LogP contribution in [0, 0.1) is 13.8 Å². The third-order valence-electron chi connectivity index (χ3n) is 8.21. The number of hydrogen-bond donors (Lipinski definition) is 0. The standard InChI is InChI=1S/C36H59O2P/c1-18-36(17,19-2)39(37-30-20-24(3)26(32(5,6)7)22-28(30)34(11,12)13)38-31-21-25(4)27(33(8,9)10)23-29(31)35(14,15)16/h20-23H,18-19H2,1-17H3. The highest BCUT2D eigenvalue weighted by Gasteiger charge is 2.40. The maximum Gasteiger partial charge on any atom is 0.296 e. The molecule has 0 fully saturated rings. The maximum absolute atomic E-state index is 7.12. The number of rotatable bonds is 7. The van der Waals surface area contributed by atoms with E-state index in [9.17, 15) is 0 Å². The Morgan fingerprint density at radius 1 is 0.487 bits per heavy atom. The van der Waals surface area contributed by atoms with Gasteiger partial charge in [0.25, 0.3) is 8.38 Å². The SMILES string of the molecule is CCC(C)(CC)P(Oc1cc(C)c(C(C)(C)C)cc1C(C)(C)C)Oc1cc(C)c(C(C)(C)C)cc1C(C)(C)C. The fraction of sp³-hybridized carbons (Fsp3) is 0.667. The highest BCUT2D eigenvalue weighted by atomic mass is 31.2. The van der Waals surface area contributed by atoms with E-state index in [4.69, 9.17) is 9.05 Å². The van der Waals surface area contributed by atoms with Gasteiger partial charge in [-0.15, -0.1) is 0 Å². The molecule has 0 bridgehead atoms. The fourth-order valence-electron chi connectivity index (χ4n) is 5.23. The van der Waals surface area contributed by atoms with E-state index in [0.717, 1.165) is 24.3 Å². The topological polar surface area (TPSA) is 18.5 Å². The molecule has 3 heteroatoms. The second-order valence-electron chi connectivity index (χ2n) is 16.0. The minimum atomic E-state index is -1.29. The lowest BCUT2D eigenvalue weighted by molar-refractivity contribution is 0.408. The summed E-state index contributed by atoms with van der Waals surface area (Å²) in [5.41, 5.74) is 7.83. The third kappa shape index (κ3) is 7.81. The van der Waals surface area contributed by atoms with Gasteiger partial charge in [0, 0.05) is 11.1 Å². The molecular formula is C36H59O2P. The molecule has 0 atom stereocenters. The Labute approximate surface area is 243 Å². The van der Waals surface area contributed by atoms with Crippen LogP contribution in [0.1, 0.15) is 150 Å². The molecule has 39 heavy (non-hydrogen) atoms. The van der Waals surface area contributed by atoms with Gasteiger partial charge in [-0.25, -0.2) is 0 Å². The Bertz CT molecular complexity index is 1060. The lowest BCUT2D eigenvalue weighted by Crippen LogP contribution is -2.27. The summed E-state index contributed by atoms with van der Waals surface area (Å²) >= 11 is 0. The molecule has 2 aromatic rings. The van der Waals surface area contributed by atoms with Crippen LogP contribution < -0.4 is 9.05 Å². The molecule has 0 N–H and O–H groups in total. The first kappa shape index (κ1) is 33.7. The highest BCUT2D eigenvalue weighted by Crippen LogP contribution is 2.57. The van der Waals surface area contributed by atoms with Crippen LogP contribution in [0.4, 0.5) is 0 Å². The molecule has 0 saturated heterocycles. The Balaban J connectivity index is 2.78. The first-order valence-electron chi connectivity index (χ1n) is 14.9. The van der Waals surface area contributed by atoms with Crippen molar-refractivity contribution in [2.24, 2.45) is 0 Å². The molecule has 0 spiro atoms. The second-order valence-corrected chi connectivity index (χ2v) is 17.9. The molecular weight excluding hydrogens is 495 g/mol. The van der Waals surface area contributed by atoms with Gasteiger partial charge in [-0.2, -0.15) is 0 Å². The van der Waals surface area contributed by atoms with Crippen molar-refractivity contribution in [3.8, 4) is 11.5 Å². The molecule has 0 saturated carbocycles. The predicted molar refractivity (Wildman–Crippen MR) is 174 cm³/mol. The molecule has 0 aliphatic rings. The molecule has 0 radical (unpaired) electrons. The monoisotopic (exact) mass is 554 g/mol. The molecule has 0 unspecified atom stereocenters. The molecule has 0 heterocycles. The van der Waals surface area contributed by atoms with E-state index in [2.05, 4.69) is 142 Å². The summed E-state index contributed by atoms with van der Waals surface area (Å²) in [6.45, 7) is 38.8. The van der Waals surface area contributed by atoms with Gasteiger partial charge >= 0.3 is 0 Å². The largest absolute Gasteiger partial charge is 0.438 e. The van der Waals surface area contributed by atoms with Gasteiger partial charge in [0.2, 0.25) is 0 Å². The molecule has 2 nitrogen and oxygen atoms in total. The van der Waals surface area contributed by atoms with Crippen molar-refractivity contribution >= 4 is 8.38 Å². The minimum absolute atomic E-state index is 0.0552. The summed E-state index contributed by atoms with van der Waals surface area (Å²) in [6, 6.07) is 9.31. The summed E-state index contributed by atoms with van der Waals surface area (Å²) in [7, 11) is -1.29. The smallest absolute Gasteiger partial charge is 0.296 e. The van der Waals surface area contributed by atoms with Crippen LogP contribution in [0.5, 0.6) is 11.5 Å². The molecule has 220 valence electrons. The van der Waals surface area contributed by atoms with Crippen LogP contribution in [-0.4, -0.2) is 5.16 Å². The lowest BCUT2D eigenvalue weighted by atomic mass is 9.78. The molecule has 0 aliphatic carbocycles. The molecule has 0 amide bonds. The van der Waals surface area contributed by atoms with Gasteiger partial charge in [-0.05, 0) is 89.7 Å². The Morgan fingerprint density at radius 3 is 1.00 bits per heavy atom. The summed E-state index contributed by atoms with van der Waals surface area (Å²) in [5, 5.41) is -0.0904. The number of aryl methyl sites for hydroxylation is 2. The van der Waals surface area contributed by atoms with E-state index >= 15 is 0 Å². The van der Waals surface area contributed by atoms with Crippen LogP contribution in [0.2, 0.25) is 0 Å². The van der Waals surface area contributed by atoms with Crippen molar-refractivity contribution in [1.82, 2.24) is 0 Å². The average Bonchev–Trinajstić information content (AvgIpc) is 2.74. The number of benzene rings is 2. The zero-order chi connectivity index (χ0) is 30.4. The van der Waals surface area contributed by atoms with Crippen LogP contribution in [-0.2, 0) is 21.7 Å². The van der Waals surface area contributed by atoms with E-state index in [0.29, 0.717) is 0 Å². The fourth-order valence-corrected chi connectivity index (χ4v) is 6.88. The lowest BCUT2D eigenvalue weighted by Gasteiger charge is -2.37. The van der Waals surface area contributed by atoms with Crippen molar-refractivity contribution < 1.29 is 9.05 Å². The summed E-state index contributed by atoms with van der Waals surface area (Å²) in [6.07, 6.45) is 1.98.